The van der Waals surface area contributed by atoms with E-state index in [1.807, 2.05) is 0 Å². The molecule has 0 saturated carbocycles. The largest absolute Gasteiger partial charge is 0.443 e. The lowest BCUT2D eigenvalue weighted by atomic mass is 10.1. The molecule has 1 fully saturated rings. The van der Waals surface area contributed by atoms with Gasteiger partial charge in [0.1, 0.15) is 0 Å². The molecule has 1 aromatic heterocycles. The normalized spacial score (nSPS) is 20.1. The molecule has 0 N–H and O–H groups in total. The maximum Gasteiger partial charge on any atom is 0.416 e. The van der Waals surface area contributed by atoms with Crippen molar-refractivity contribution in [3.05, 3.63) is 59.4 Å². The summed E-state index contributed by atoms with van der Waals surface area (Å²) in [6, 6.07) is 6.24. The van der Waals surface area contributed by atoms with E-state index in [9.17, 15) is 31.2 Å². The first-order valence-corrected chi connectivity index (χ1v) is 10.9. The van der Waals surface area contributed by atoms with Crippen LogP contribution >= 0.6 is 0 Å². The Labute approximate surface area is 182 Å². The van der Waals surface area contributed by atoms with Crippen molar-refractivity contribution in [3.63, 3.8) is 0 Å². The van der Waals surface area contributed by atoms with Crippen LogP contribution in [0.15, 0.2) is 47.5 Å². The molecule has 0 spiro atoms. The van der Waals surface area contributed by atoms with Gasteiger partial charge in [-0.25, -0.2) is 8.42 Å². The third kappa shape index (κ3) is 4.60. The van der Waals surface area contributed by atoms with Crippen LogP contribution in [0.25, 0.3) is 0 Å². The molecule has 0 bridgehead atoms. The number of aryl methyl sites for hydroxylation is 1. The highest BCUT2D eigenvalue weighted by Crippen LogP contribution is 2.33. The lowest BCUT2D eigenvalue weighted by molar-refractivity contribution is -0.162. The van der Waals surface area contributed by atoms with Crippen LogP contribution in [-0.4, -0.2) is 60.3 Å². The SMILES string of the molecule is Cc1ccc(C(=O)N2CCN(S(=O)(=O)c3ccc(C(F)(F)F)cc3)[C@@](C)(OC=O)C2)cn1. The van der Waals surface area contributed by atoms with Crippen molar-refractivity contribution < 1.29 is 35.9 Å². The van der Waals surface area contributed by atoms with Gasteiger partial charge in [0, 0.05) is 25.0 Å². The van der Waals surface area contributed by atoms with E-state index in [0.29, 0.717) is 17.8 Å². The van der Waals surface area contributed by atoms with Gasteiger partial charge in [0.15, 0.2) is 5.72 Å². The van der Waals surface area contributed by atoms with Crippen LogP contribution in [0.5, 0.6) is 0 Å². The van der Waals surface area contributed by atoms with E-state index < -0.39 is 38.3 Å². The predicted molar refractivity (Wildman–Crippen MR) is 106 cm³/mol. The average molecular weight is 471 g/mol. The Bertz CT molecular complexity index is 1100. The van der Waals surface area contributed by atoms with Gasteiger partial charge in [0.05, 0.1) is 22.6 Å². The molecule has 8 nitrogen and oxygen atoms in total. The fourth-order valence-corrected chi connectivity index (χ4v) is 5.09. The molecule has 0 radical (unpaired) electrons. The number of carbonyl (C=O) groups is 2. The molecule has 32 heavy (non-hydrogen) atoms. The van der Waals surface area contributed by atoms with Crippen molar-refractivity contribution in [2.45, 2.75) is 30.6 Å². The van der Waals surface area contributed by atoms with Crippen LogP contribution in [0.4, 0.5) is 13.2 Å². The monoisotopic (exact) mass is 471 g/mol. The standard InChI is InChI=1S/C20H20F3N3O5S/c1-14-3-4-15(11-24-14)18(28)25-9-10-26(19(2,12-25)31-13-27)32(29,30)17-7-5-16(6-8-17)20(21,22)23/h3-8,11,13H,9-10,12H2,1-2H3/t19-/m0/s1. The van der Waals surface area contributed by atoms with Crippen molar-refractivity contribution in [3.8, 4) is 0 Å². The summed E-state index contributed by atoms with van der Waals surface area (Å²) in [7, 11) is -4.34. The van der Waals surface area contributed by atoms with E-state index >= 15 is 0 Å². The Morgan fingerprint density at radius 2 is 1.81 bits per heavy atom. The van der Waals surface area contributed by atoms with Gasteiger partial charge in [-0.3, -0.25) is 14.6 Å². The van der Waals surface area contributed by atoms with Gasteiger partial charge in [-0.05, 0) is 50.2 Å². The summed E-state index contributed by atoms with van der Waals surface area (Å²) in [5, 5.41) is 0. The number of rotatable bonds is 5. The zero-order chi connectivity index (χ0) is 23.7. The summed E-state index contributed by atoms with van der Waals surface area (Å²) in [5.41, 5.74) is -1.77. The van der Waals surface area contributed by atoms with Gasteiger partial charge in [0.2, 0.25) is 10.0 Å². The van der Waals surface area contributed by atoms with Crippen molar-refractivity contribution in [2.75, 3.05) is 19.6 Å². The minimum atomic E-state index is -4.62. The number of halogens is 3. The van der Waals surface area contributed by atoms with Crippen molar-refractivity contribution >= 4 is 22.4 Å². The first kappa shape index (κ1) is 23.7. The fraction of sp³-hybridized carbons (Fsp3) is 0.350. The smallest absolute Gasteiger partial charge is 0.416 e. The fourth-order valence-electron chi connectivity index (χ4n) is 3.43. The molecule has 12 heteroatoms. The summed E-state index contributed by atoms with van der Waals surface area (Å²) >= 11 is 0. The first-order chi connectivity index (χ1) is 14.9. The number of pyridine rings is 1. The van der Waals surface area contributed by atoms with Crippen LogP contribution in [0, 0.1) is 6.92 Å². The summed E-state index contributed by atoms with van der Waals surface area (Å²) in [4.78, 5) is 29.0. The zero-order valence-corrected chi connectivity index (χ0v) is 18.0. The highest BCUT2D eigenvalue weighted by Gasteiger charge is 2.48. The second kappa shape index (κ2) is 8.51. The number of alkyl halides is 3. The van der Waals surface area contributed by atoms with Crippen LogP contribution < -0.4 is 0 Å². The average Bonchev–Trinajstić information content (AvgIpc) is 2.73. The van der Waals surface area contributed by atoms with Crippen molar-refractivity contribution in [1.29, 1.82) is 0 Å². The van der Waals surface area contributed by atoms with E-state index in [1.54, 1.807) is 19.1 Å². The number of nitrogens with zero attached hydrogens (tertiary/aromatic N) is 3. The number of hydrogen-bond acceptors (Lipinski definition) is 6. The first-order valence-electron chi connectivity index (χ1n) is 9.42. The summed E-state index contributed by atoms with van der Waals surface area (Å²) in [6.07, 6.45) is -3.23. The number of amides is 1. The summed E-state index contributed by atoms with van der Waals surface area (Å²) < 4.78 is 70.7. The number of ether oxygens (including phenoxy) is 1. The molecule has 1 aromatic carbocycles. The maximum absolute atomic E-state index is 13.2. The van der Waals surface area contributed by atoms with Crippen LogP contribution in [0.3, 0.4) is 0 Å². The highest BCUT2D eigenvalue weighted by atomic mass is 32.2. The maximum atomic E-state index is 13.2. The number of hydrogen-bond donors (Lipinski definition) is 0. The van der Waals surface area contributed by atoms with Gasteiger partial charge in [-0.1, -0.05) is 0 Å². The quantitative estimate of drug-likeness (QED) is 0.622. The Hall–Kier alpha value is -2.99. The molecule has 3 rings (SSSR count). The van der Waals surface area contributed by atoms with Gasteiger partial charge in [-0.2, -0.15) is 17.5 Å². The lowest BCUT2D eigenvalue weighted by Gasteiger charge is -2.46. The molecular weight excluding hydrogens is 451 g/mol. The van der Waals surface area contributed by atoms with Crippen molar-refractivity contribution in [1.82, 2.24) is 14.2 Å². The minimum absolute atomic E-state index is 0.0234. The Morgan fingerprint density at radius 1 is 1.16 bits per heavy atom. The molecule has 1 aliphatic heterocycles. The molecule has 2 heterocycles. The molecule has 1 amide bonds. The third-order valence-electron chi connectivity index (χ3n) is 5.10. The molecule has 2 aromatic rings. The molecule has 0 aliphatic carbocycles. The zero-order valence-electron chi connectivity index (χ0n) is 17.2. The topological polar surface area (TPSA) is 96.9 Å². The van der Waals surface area contributed by atoms with Gasteiger partial charge in [0.25, 0.3) is 12.4 Å². The van der Waals surface area contributed by atoms with Gasteiger partial charge in [-0.15, -0.1) is 0 Å². The van der Waals surface area contributed by atoms with E-state index in [0.717, 1.165) is 16.4 Å². The Morgan fingerprint density at radius 3 is 2.34 bits per heavy atom. The van der Waals surface area contributed by atoms with Crippen LogP contribution in [0.1, 0.15) is 28.5 Å². The molecule has 1 saturated heterocycles. The van der Waals surface area contributed by atoms with Crippen LogP contribution in [0.2, 0.25) is 0 Å². The van der Waals surface area contributed by atoms with E-state index in [1.165, 1.54) is 18.0 Å². The number of carbonyl (C=O) groups excluding carboxylic acids is 2. The van der Waals surface area contributed by atoms with E-state index in [-0.39, 0.29) is 31.7 Å². The van der Waals surface area contributed by atoms with Gasteiger partial charge >= 0.3 is 6.18 Å². The number of piperazine rings is 1. The van der Waals surface area contributed by atoms with E-state index in [4.69, 9.17) is 4.74 Å². The lowest BCUT2D eigenvalue weighted by Crippen LogP contribution is -2.64. The molecular formula is C20H20F3N3O5S. The van der Waals surface area contributed by atoms with Gasteiger partial charge < -0.3 is 9.64 Å². The Balaban J connectivity index is 1.89. The summed E-state index contributed by atoms with van der Waals surface area (Å²) in [6.45, 7) is 2.60. The van der Waals surface area contributed by atoms with Crippen molar-refractivity contribution in [2.24, 2.45) is 0 Å². The molecule has 1 aliphatic rings. The second-order valence-electron chi connectivity index (χ2n) is 7.40. The minimum Gasteiger partial charge on any atom is -0.443 e. The van der Waals surface area contributed by atoms with Crippen LogP contribution in [-0.2, 0) is 25.7 Å². The molecule has 172 valence electrons. The molecule has 0 unspecified atom stereocenters. The number of sulfonamides is 1. The summed E-state index contributed by atoms with van der Waals surface area (Å²) in [5.74, 6) is -0.426. The Kier molecular flexibility index (Phi) is 6.29. The number of aromatic nitrogens is 1. The highest BCUT2D eigenvalue weighted by molar-refractivity contribution is 7.89. The predicted octanol–water partition coefficient (Wildman–Crippen LogP) is 2.44. The second-order valence-corrected chi connectivity index (χ2v) is 9.27. The molecule has 1 atom stereocenters. The van der Waals surface area contributed by atoms with E-state index in [2.05, 4.69) is 4.98 Å². The number of benzene rings is 1. The third-order valence-corrected chi connectivity index (χ3v) is 7.12.